The van der Waals surface area contributed by atoms with E-state index in [0.717, 1.165) is 5.56 Å². The molecule has 28 heavy (non-hydrogen) atoms. The molecule has 146 valence electrons. The average Bonchev–Trinajstić information content (AvgIpc) is 3.24. The number of halogens is 3. The van der Waals surface area contributed by atoms with E-state index in [-0.39, 0.29) is 11.7 Å². The molecule has 3 rings (SSSR count). The number of carbonyl (C=O) groups excluding carboxylic acids is 1. The van der Waals surface area contributed by atoms with Crippen LogP contribution in [0.15, 0.2) is 46.7 Å². The molecule has 1 aromatic carbocycles. The lowest BCUT2D eigenvalue weighted by Gasteiger charge is -2.09. The van der Waals surface area contributed by atoms with E-state index in [9.17, 15) is 4.79 Å². The second kappa shape index (κ2) is 9.05. The summed E-state index contributed by atoms with van der Waals surface area (Å²) in [7, 11) is 0. The normalized spacial score (nSPS) is 10.9. The third kappa shape index (κ3) is 4.55. The van der Waals surface area contributed by atoms with E-state index in [2.05, 4.69) is 22.1 Å². The third-order valence-electron chi connectivity index (χ3n) is 3.71. The second-order valence-corrected chi connectivity index (χ2v) is 7.89. The zero-order chi connectivity index (χ0) is 20.3. The Morgan fingerprint density at radius 1 is 1.29 bits per heavy atom. The minimum Gasteiger partial charge on any atom is -0.461 e. The van der Waals surface area contributed by atoms with Crippen molar-refractivity contribution in [3.05, 3.63) is 57.7 Å². The standard InChI is InChI=1S/C18H15Cl3N4O2S/c1-3-5-25-17(16-10(2)4-6-27-16)23-24-18(25)28-9-15(26)22-14-8-12(20)11(19)7-13(14)21/h3-4,6-8H,1,5,9H2,2H3,(H,22,26). The van der Waals surface area contributed by atoms with E-state index in [1.807, 2.05) is 17.6 Å². The highest BCUT2D eigenvalue weighted by atomic mass is 35.5. The summed E-state index contributed by atoms with van der Waals surface area (Å²) in [4.78, 5) is 12.3. The van der Waals surface area contributed by atoms with Gasteiger partial charge in [0, 0.05) is 6.54 Å². The number of carbonyl (C=O) groups is 1. The minimum absolute atomic E-state index is 0.100. The van der Waals surface area contributed by atoms with Crippen molar-refractivity contribution in [1.29, 1.82) is 0 Å². The number of hydrogen-bond acceptors (Lipinski definition) is 5. The molecule has 2 aromatic heterocycles. The van der Waals surface area contributed by atoms with Gasteiger partial charge in [-0.25, -0.2) is 0 Å². The monoisotopic (exact) mass is 456 g/mol. The maximum Gasteiger partial charge on any atom is 0.234 e. The number of aryl methyl sites for hydroxylation is 1. The maximum atomic E-state index is 12.3. The molecule has 1 amide bonds. The molecule has 0 aliphatic rings. The Hall–Kier alpha value is -1.93. The first-order valence-corrected chi connectivity index (χ1v) is 10.2. The molecule has 10 heteroatoms. The molecule has 0 saturated heterocycles. The molecular weight excluding hydrogens is 443 g/mol. The molecule has 1 N–H and O–H groups in total. The van der Waals surface area contributed by atoms with E-state index < -0.39 is 0 Å². The van der Waals surface area contributed by atoms with E-state index in [1.165, 1.54) is 23.9 Å². The molecule has 0 atom stereocenters. The smallest absolute Gasteiger partial charge is 0.234 e. The molecule has 0 unspecified atom stereocenters. The van der Waals surface area contributed by atoms with Gasteiger partial charge in [-0.2, -0.15) is 0 Å². The van der Waals surface area contributed by atoms with Gasteiger partial charge < -0.3 is 9.73 Å². The summed E-state index contributed by atoms with van der Waals surface area (Å²) >= 11 is 19.2. The summed E-state index contributed by atoms with van der Waals surface area (Å²) in [5, 5.41) is 12.6. The zero-order valence-electron chi connectivity index (χ0n) is 14.7. The van der Waals surface area contributed by atoms with E-state index >= 15 is 0 Å². The summed E-state index contributed by atoms with van der Waals surface area (Å²) in [6, 6.07) is 4.84. The Bertz CT molecular complexity index is 1030. The molecule has 0 aliphatic heterocycles. The van der Waals surface area contributed by atoms with E-state index in [0.29, 0.717) is 44.0 Å². The number of nitrogens with zero attached hydrogens (tertiary/aromatic N) is 3. The van der Waals surface area contributed by atoms with Crippen LogP contribution >= 0.6 is 46.6 Å². The van der Waals surface area contributed by atoms with Crippen molar-refractivity contribution in [2.24, 2.45) is 0 Å². The van der Waals surface area contributed by atoms with Crippen LogP contribution in [0.1, 0.15) is 5.56 Å². The highest BCUT2D eigenvalue weighted by Crippen LogP contribution is 2.32. The van der Waals surface area contributed by atoms with Crippen LogP contribution < -0.4 is 5.32 Å². The van der Waals surface area contributed by atoms with Gasteiger partial charge >= 0.3 is 0 Å². The maximum absolute atomic E-state index is 12.3. The number of benzene rings is 1. The number of allylic oxidation sites excluding steroid dienone is 1. The average molecular weight is 458 g/mol. The van der Waals surface area contributed by atoms with Gasteiger partial charge in [0.25, 0.3) is 0 Å². The molecule has 0 saturated carbocycles. The van der Waals surface area contributed by atoms with Gasteiger partial charge in [-0.1, -0.05) is 52.6 Å². The molecule has 3 aromatic rings. The fraction of sp³-hybridized carbons (Fsp3) is 0.167. The van der Waals surface area contributed by atoms with Crippen molar-refractivity contribution in [3.63, 3.8) is 0 Å². The number of anilines is 1. The quantitative estimate of drug-likeness (QED) is 0.279. The molecule has 6 nitrogen and oxygen atoms in total. The Kier molecular flexibility index (Phi) is 6.72. The van der Waals surface area contributed by atoms with Gasteiger partial charge in [0.1, 0.15) is 0 Å². The first kappa shape index (κ1) is 20.8. The fourth-order valence-corrected chi connectivity index (χ4v) is 3.74. The van der Waals surface area contributed by atoms with Gasteiger partial charge in [-0.05, 0) is 30.7 Å². The molecule has 0 radical (unpaired) electrons. The number of nitrogens with one attached hydrogen (secondary N) is 1. The Balaban J connectivity index is 1.73. The highest BCUT2D eigenvalue weighted by molar-refractivity contribution is 7.99. The lowest BCUT2D eigenvalue weighted by molar-refractivity contribution is -0.113. The van der Waals surface area contributed by atoms with Crippen molar-refractivity contribution < 1.29 is 9.21 Å². The van der Waals surface area contributed by atoms with Crippen LogP contribution in [0.4, 0.5) is 5.69 Å². The Labute approximate surface area is 180 Å². The topological polar surface area (TPSA) is 73.0 Å². The van der Waals surface area contributed by atoms with Crippen molar-refractivity contribution in [2.75, 3.05) is 11.1 Å². The second-order valence-electron chi connectivity index (χ2n) is 5.72. The number of aromatic nitrogens is 3. The first-order chi connectivity index (χ1) is 13.4. The van der Waals surface area contributed by atoms with Gasteiger partial charge in [0.15, 0.2) is 10.9 Å². The van der Waals surface area contributed by atoms with Gasteiger partial charge in [0.05, 0.1) is 32.8 Å². The molecular formula is C18H15Cl3N4O2S. The van der Waals surface area contributed by atoms with Crippen molar-refractivity contribution in [3.8, 4) is 11.6 Å². The van der Waals surface area contributed by atoms with E-state index in [4.69, 9.17) is 39.2 Å². The van der Waals surface area contributed by atoms with Crippen LogP contribution in [-0.4, -0.2) is 26.4 Å². The Morgan fingerprint density at radius 3 is 2.71 bits per heavy atom. The van der Waals surface area contributed by atoms with Crippen molar-refractivity contribution >= 4 is 58.2 Å². The zero-order valence-corrected chi connectivity index (χ0v) is 17.8. The Morgan fingerprint density at radius 2 is 2.04 bits per heavy atom. The number of rotatable bonds is 7. The number of hydrogen-bond donors (Lipinski definition) is 1. The predicted octanol–water partition coefficient (Wildman–Crippen LogP) is 5.72. The van der Waals surface area contributed by atoms with E-state index in [1.54, 1.807) is 12.3 Å². The summed E-state index contributed by atoms with van der Waals surface area (Å²) in [5.41, 5.74) is 1.34. The number of thioether (sulfide) groups is 1. The number of amides is 1. The molecule has 0 spiro atoms. The summed E-state index contributed by atoms with van der Waals surface area (Å²) in [6.45, 7) is 6.16. The molecule has 0 fully saturated rings. The van der Waals surface area contributed by atoms with Crippen LogP contribution in [-0.2, 0) is 11.3 Å². The predicted molar refractivity (Wildman–Crippen MR) is 113 cm³/mol. The van der Waals surface area contributed by atoms with Crippen LogP contribution in [0.25, 0.3) is 11.6 Å². The lowest BCUT2D eigenvalue weighted by Crippen LogP contribution is -2.15. The van der Waals surface area contributed by atoms with Crippen molar-refractivity contribution in [2.45, 2.75) is 18.6 Å². The lowest BCUT2D eigenvalue weighted by atomic mass is 10.3. The summed E-state index contributed by atoms with van der Waals surface area (Å²) in [5.74, 6) is 1.04. The summed E-state index contributed by atoms with van der Waals surface area (Å²) in [6.07, 6.45) is 3.32. The largest absolute Gasteiger partial charge is 0.461 e. The van der Waals surface area contributed by atoms with Crippen LogP contribution in [0.2, 0.25) is 15.1 Å². The van der Waals surface area contributed by atoms with Crippen LogP contribution in [0.5, 0.6) is 0 Å². The minimum atomic E-state index is -0.269. The van der Waals surface area contributed by atoms with Crippen LogP contribution in [0, 0.1) is 6.92 Å². The summed E-state index contributed by atoms with van der Waals surface area (Å²) < 4.78 is 7.34. The van der Waals surface area contributed by atoms with Gasteiger partial charge in [-0.15, -0.1) is 16.8 Å². The van der Waals surface area contributed by atoms with Crippen LogP contribution in [0.3, 0.4) is 0 Å². The van der Waals surface area contributed by atoms with Gasteiger partial charge in [-0.3, -0.25) is 9.36 Å². The third-order valence-corrected chi connectivity index (χ3v) is 5.71. The highest BCUT2D eigenvalue weighted by Gasteiger charge is 2.19. The first-order valence-electron chi connectivity index (χ1n) is 8.06. The van der Waals surface area contributed by atoms with Crippen molar-refractivity contribution in [1.82, 2.24) is 14.8 Å². The number of furan rings is 1. The molecule has 0 aliphatic carbocycles. The van der Waals surface area contributed by atoms with Gasteiger partial charge in [0.2, 0.25) is 11.7 Å². The fourth-order valence-electron chi connectivity index (χ4n) is 2.39. The SMILES string of the molecule is C=CCn1c(SCC(=O)Nc2cc(Cl)c(Cl)cc2Cl)nnc1-c1occc1C. The molecule has 0 bridgehead atoms. The molecule has 2 heterocycles.